The topological polar surface area (TPSA) is 20.2 Å². The molecule has 0 aliphatic heterocycles. The van der Waals surface area contributed by atoms with Gasteiger partial charge in [0.2, 0.25) is 0 Å². The van der Waals surface area contributed by atoms with Crippen LogP contribution in [-0.4, -0.2) is 56.5 Å². The van der Waals surface area contributed by atoms with E-state index >= 15 is 0 Å². The summed E-state index contributed by atoms with van der Waals surface area (Å²) in [5.74, 6) is 0.261. The van der Waals surface area contributed by atoms with E-state index in [1.54, 1.807) is 6.07 Å². The molecule has 0 atom stereocenters. The van der Waals surface area contributed by atoms with Crippen molar-refractivity contribution in [2.75, 3.05) is 0 Å². The van der Waals surface area contributed by atoms with Gasteiger partial charge in [0.1, 0.15) is 5.75 Å². The molecule has 0 spiro atoms. The van der Waals surface area contributed by atoms with Gasteiger partial charge >= 0.3 is 0 Å². The third-order valence-corrected chi connectivity index (χ3v) is 5.04. The van der Waals surface area contributed by atoms with E-state index in [9.17, 15) is 5.11 Å². The van der Waals surface area contributed by atoms with Crippen LogP contribution in [0.1, 0.15) is 33.4 Å². The number of rotatable bonds is 6. The Hall–Kier alpha value is -2.46. The van der Waals surface area contributed by atoms with E-state index in [1.807, 2.05) is 84.9 Å². The van der Waals surface area contributed by atoms with Gasteiger partial charge in [-0.15, -0.1) is 0 Å². The average molecular weight is 440 g/mol. The number of hydrogen-bond donors (Lipinski definition) is 1. The van der Waals surface area contributed by atoms with Crippen molar-refractivity contribution in [1.29, 1.82) is 0 Å². The molecule has 0 aromatic heterocycles. The summed E-state index contributed by atoms with van der Waals surface area (Å²) < 4.78 is 0. The molecule has 1 N–H and O–H groups in total. The van der Waals surface area contributed by atoms with Gasteiger partial charge < -0.3 is 5.11 Å². The van der Waals surface area contributed by atoms with Crippen LogP contribution in [0.4, 0.5) is 0 Å². The van der Waals surface area contributed by atoms with E-state index in [0.29, 0.717) is 0 Å². The fourth-order valence-corrected chi connectivity index (χ4v) is 3.39. The molecule has 4 aromatic carbocycles. The van der Waals surface area contributed by atoms with Crippen LogP contribution in [-0.2, 0) is 0 Å². The molecule has 151 valence electrons. The molecule has 32 heavy (non-hydrogen) atoms. The van der Waals surface area contributed by atoms with Crippen molar-refractivity contribution in [3.8, 4) is 5.75 Å². The van der Waals surface area contributed by atoms with E-state index in [0.717, 1.165) is 33.4 Å². The second-order valence-electron chi connectivity index (χ2n) is 7.23. The first-order chi connectivity index (χ1) is 15.3. The van der Waals surface area contributed by atoms with Crippen LogP contribution in [0, 0.1) is 0 Å². The molecule has 2 heteroatoms. The zero-order chi connectivity index (χ0) is 21.3. The Morgan fingerprint density at radius 3 is 1.28 bits per heavy atom. The molecule has 0 bridgehead atoms. The van der Waals surface area contributed by atoms with Gasteiger partial charge in [-0.1, -0.05) is 134 Å². The van der Waals surface area contributed by atoms with Crippen molar-refractivity contribution in [2.45, 2.75) is 0 Å². The summed E-state index contributed by atoms with van der Waals surface area (Å²) in [4.78, 5) is 0. The molecule has 1 nitrogen and oxygen atoms in total. The van der Waals surface area contributed by atoms with Crippen LogP contribution in [0.5, 0.6) is 5.75 Å². The van der Waals surface area contributed by atoms with Crippen molar-refractivity contribution in [1.82, 2.24) is 0 Å². The van der Waals surface area contributed by atoms with Crippen molar-refractivity contribution < 1.29 is 5.11 Å². The summed E-state index contributed by atoms with van der Waals surface area (Å²) in [5, 5.41) is 10.7. The van der Waals surface area contributed by atoms with E-state index < -0.39 is 0 Å². The molecule has 1 radical (unpaired) electrons. The molecule has 4 rings (SSSR count). The third kappa shape index (κ3) is 6.77. The maximum atomic E-state index is 10.7. The Bertz CT molecular complexity index is 1210. The standard InChI is InChI=1S/C30H24O.K/c31-30-23-20-27(19-16-24-10-4-1-5-11-24)28(21-17-25-12-6-2-7-13-25)29(30)22-18-26-14-8-3-9-15-26;/h1-23,31H;. The summed E-state index contributed by atoms with van der Waals surface area (Å²) >= 11 is 0. The first-order valence-electron chi connectivity index (χ1n) is 10.3. The van der Waals surface area contributed by atoms with Crippen LogP contribution in [0.25, 0.3) is 36.5 Å². The van der Waals surface area contributed by atoms with Gasteiger partial charge in [-0.25, -0.2) is 0 Å². The molecule has 0 aliphatic carbocycles. The van der Waals surface area contributed by atoms with Crippen LogP contribution in [0.2, 0.25) is 0 Å². The summed E-state index contributed by atoms with van der Waals surface area (Å²) in [6, 6.07) is 34.2. The Kier molecular flexibility index (Phi) is 9.48. The fraction of sp³-hybridized carbons (Fsp3) is 0. The van der Waals surface area contributed by atoms with Gasteiger partial charge in [0.05, 0.1) is 0 Å². The smallest absolute Gasteiger partial charge is 0.123 e. The van der Waals surface area contributed by atoms with Crippen LogP contribution in [0.15, 0.2) is 103 Å². The Morgan fingerprint density at radius 2 is 0.812 bits per heavy atom. The van der Waals surface area contributed by atoms with Crippen molar-refractivity contribution in [3.63, 3.8) is 0 Å². The normalized spacial score (nSPS) is 11.2. The molecule has 0 unspecified atom stereocenters. The molecular formula is C30H24KO. The van der Waals surface area contributed by atoms with Crippen LogP contribution >= 0.6 is 0 Å². The number of phenols is 1. The fourth-order valence-electron chi connectivity index (χ4n) is 3.39. The summed E-state index contributed by atoms with van der Waals surface area (Å²) in [6.45, 7) is 0. The number of hydrogen-bond acceptors (Lipinski definition) is 1. The minimum Gasteiger partial charge on any atom is -0.507 e. The number of benzene rings is 4. The second-order valence-corrected chi connectivity index (χ2v) is 7.23. The van der Waals surface area contributed by atoms with Gasteiger partial charge in [0.15, 0.2) is 0 Å². The first-order valence-corrected chi connectivity index (χ1v) is 10.3. The molecule has 0 amide bonds. The maximum absolute atomic E-state index is 10.7. The predicted octanol–water partition coefficient (Wildman–Crippen LogP) is 7.52. The molecule has 0 fully saturated rings. The Balaban J connectivity index is 0.00000289. The SMILES string of the molecule is Oc1ccc(C=Cc2ccccc2)c(C=Cc2ccccc2)c1C=Cc1ccccc1.[K]. The zero-order valence-corrected chi connectivity index (χ0v) is 21.3. The third-order valence-electron chi connectivity index (χ3n) is 5.04. The minimum absolute atomic E-state index is 0. The summed E-state index contributed by atoms with van der Waals surface area (Å²) in [7, 11) is 0. The van der Waals surface area contributed by atoms with E-state index in [4.69, 9.17) is 0 Å². The van der Waals surface area contributed by atoms with Crippen molar-refractivity contribution in [2.24, 2.45) is 0 Å². The summed E-state index contributed by atoms with van der Waals surface area (Å²) in [5.41, 5.74) is 6.15. The zero-order valence-electron chi connectivity index (χ0n) is 18.2. The first kappa shape index (κ1) is 24.2. The monoisotopic (exact) mass is 439 g/mol. The van der Waals surface area contributed by atoms with Crippen LogP contribution < -0.4 is 0 Å². The molecule has 0 heterocycles. The van der Waals surface area contributed by atoms with E-state index in [2.05, 4.69) is 48.6 Å². The van der Waals surface area contributed by atoms with Gasteiger partial charge in [0.25, 0.3) is 0 Å². The molecule has 0 saturated heterocycles. The van der Waals surface area contributed by atoms with Crippen LogP contribution in [0.3, 0.4) is 0 Å². The van der Waals surface area contributed by atoms with E-state index in [1.165, 1.54) is 0 Å². The molecular weight excluding hydrogens is 415 g/mol. The predicted molar refractivity (Wildman–Crippen MR) is 140 cm³/mol. The van der Waals surface area contributed by atoms with Gasteiger partial charge in [-0.05, 0) is 33.9 Å². The molecule has 0 aliphatic rings. The number of aromatic hydroxyl groups is 1. The quantitative estimate of drug-likeness (QED) is 0.243. The van der Waals surface area contributed by atoms with Crippen molar-refractivity contribution >= 4 is 87.8 Å². The van der Waals surface area contributed by atoms with Gasteiger partial charge in [0, 0.05) is 56.9 Å². The van der Waals surface area contributed by atoms with Gasteiger partial charge in [-0.2, -0.15) is 0 Å². The average Bonchev–Trinajstić information content (AvgIpc) is 2.83. The van der Waals surface area contributed by atoms with Crippen molar-refractivity contribution in [3.05, 3.63) is 137 Å². The molecule has 0 saturated carbocycles. The largest absolute Gasteiger partial charge is 0.507 e. The van der Waals surface area contributed by atoms with E-state index in [-0.39, 0.29) is 57.1 Å². The van der Waals surface area contributed by atoms with Gasteiger partial charge in [-0.3, -0.25) is 0 Å². The maximum Gasteiger partial charge on any atom is 0.123 e. The number of phenolic OH excluding ortho intramolecular Hbond substituents is 1. The Morgan fingerprint density at radius 1 is 0.406 bits per heavy atom. The molecule has 4 aromatic rings. The summed E-state index contributed by atoms with van der Waals surface area (Å²) in [6.07, 6.45) is 12.4. The second kappa shape index (κ2) is 12.5. The minimum atomic E-state index is 0. The Labute approximate surface area is 232 Å².